The maximum absolute atomic E-state index is 14.6. The number of carboxylic acids is 1. The van der Waals surface area contributed by atoms with Gasteiger partial charge in [-0.15, -0.1) is 0 Å². The van der Waals surface area contributed by atoms with Gasteiger partial charge in [-0.3, -0.25) is 0 Å². The molecule has 1 unspecified atom stereocenters. The Morgan fingerprint density at radius 2 is 1.89 bits per heavy atom. The summed E-state index contributed by atoms with van der Waals surface area (Å²) in [6.45, 7) is 4.62. The number of carbonyl (C=O) groups is 2. The number of aliphatic carboxylic acids is 1. The first-order chi connectivity index (χ1) is 8.60. The lowest BCUT2D eigenvalue weighted by Crippen LogP contribution is -2.60. The zero-order valence-corrected chi connectivity index (χ0v) is 11.2. The summed E-state index contributed by atoms with van der Waals surface area (Å²) >= 11 is 0. The van der Waals surface area contributed by atoms with Crippen molar-refractivity contribution < 1.29 is 28.6 Å². The van der Waals surface area contributed by atoms with Gasteiger partial charge in [0.1, 0.15) is 5.60 Å². The van der Waals surface area contributed by atoms with E-state index in [1.54, 1.807) is 20.8 Å². The lowest BCUT2D eigenvalue weighted by atomic mass is 9.74. The number of alkyl halides is 1. The molecule has 0 aromatic carbocycles. The van der Waals surface area contributed by atoms with Crippen LogP contribution < -0.4 is 0 Å². The molecule has 0 aliphatic carbocycles. The van der Waals surface area contributed by atoms with Crippen molar-refractivity contribution in [1.82, 2.24) is 4.90 Å². The predicted octanol–water partition coefficient (Wildman–Crippen LogP) is 1.05. The second-order valence-electron chi connectivity index (χ2n) is 6.22. The molecule has 0 aromatic rings. The molecule has 7 heteroatoms. The van der Waals surface area contributed by atoms with E-state index < -0.39 is 35.3 Å². The van der Waals surface area contributed by atoms with E-state index in [1.807, 2.05) is 0 Å². The Labute approximate surface area is 110 Å². The number of likely N-dealkylation sites (tertiary alicyclic amines) is 1. The van der Waals surface area contributed by atoms with Gasteiger partial charge in [-0.05, 0) is 20.8 Å². The van der Waals surface area contributed by atoms with E-state index in [1.165, 1.54) is 0 Å². The molecule has 0 saturated carbocycles. The summed E-state index contributed by atoms with van der Waals surface area (Å²) in [7, 11) is 0. The number of hydrogen-bond acceptors (Lipinski definition) is 4. The molecule has 6 nitrogen and oxygen atoms in total. The molecular formula is C12H18FNO5. The van der Waals surface area contributed by atoms with Gasteiger partial charge < -0.3 is 19.5 Å². The first-order valence-electron chi connectivity index (χ1n) is 6.08. The standard InChI is InChI=1S/C12H18FNO5/c1-10(2,3)19-9(17)14-4-11(6-18-7-11)12(13,5-14)8(15)16/h4-7H2,1-3H3,(H,15,16). The molecule has 1 amide bonds. The fourth-order valence-corrected chi connectivity index (χ4v) is 2.40. The largest absolute Gasteiger partial charge is 0.479 e. The topological polar surface area (TPSA) is 76.1 Å². The van der Waals surface area contributed by atoms with E-state index in [0.29, 0.717) is 0 Å². The molecule has 2 aliphatic rings. The highest BCUT2D eigenvalue weighted by molar-refractivity contribution is 5.82. The minimum absolute atomic E-state index is 0.00468. The van der Waals surface area contributed by atoms with E-state index in [0.717, 1.165) is 4.90 Å². The highest BCUT2D eigenvalue weighted by Gasteiger charge is 2.68. The van der Waals surface area contributed by atoms with Crippen LogP contribution in [0.15, 0.2) is 0 Å². The van der Waals surface area contributed by atoms with Crippen molar-refractivity contribution in [1.29, 1.82) is 0 Å². The number of rotatable bonds is 1. The fraction of sp³-hybridized carbons (Fsp3) is 0.833. The third-order valence-electron chi connectivity index (χ3n) is 3.49. The van der Waals surface area contributed by atoms with Gasteiger partial charge in [0.05, 0.1) is 25.2 Å². The molecule has 19 heavy (non-hydrogen) atoms. The third kappa shape index (κ3) is 2.16. The second kappa shape index (κ2) is 4.06. The summed E-state index contributed by atoms with van der Waals surface area (Å²) in [4.78, 5) is 24.2. The zero-order valence-electron chi connectivity index (χ0n) is 11.2. The van der Waals surface area contributed by atoms with E-state index in [4.69, 9.17) is 14.6 Å². The van der Waals surface area contributed by atoms with E-state index in [2.05, 4.69) is 0 Å². The molecule has 2 rings (SSSR count). The molecule has 1 spiro atoms. The predicted molar refractivity (Wildman–Crippen MR) is 62.5 cm³/mol. The zero-order chi connectivity index (χ0) is 14.5. The van der Waals surface area contributed by atoms with Crippen LogP contribution in [0.2, 0.25) is 0 Å². The average molecular weight is 275 g/mol. The molecule has 0 radical (unpaired) electrons. The van der Waals surface area contributed by atoms with Gasteiger partial charge in [0.2, 0.25) is 5.67 Å². The number of amides is 1. The van der Waals surface area contributed by atoms with Gasteiger partial charge in [-0.25, -0.2) is 14.0 Å². The molecule has 0 aromatic heterocycles. The average Bonchev–Trinajstić information content (AvgIpc) is 2.50. The molecule has 108 valence electrons. The Morgan fingerprint density at radius 3 is 2.21 bits per heavy atom. The molecule has 0 bridgehead atoms. The van der Waals surface area contributed by atoms with Crippen molar-refractivity contribution in [3.05, 3.63) is 0 Å². The minimum atomic E-state index is -2.47. The van der Waals surface area contributed by atoms with Gasteiger partial charge >= 0.3 is 12.1 Å². The SMILES string of the molecule is CC(C)(C)OC(=O)N1CC2(COC2)C(F)(C(=O)O)C1. The molecule has 2 aliphatic heterocycles. The highest BCUT2D eigenvalue weighted by Crippen LogP contribution is 2.48. The van der Waals surface area contributed by atoms with Crippen molar-refractivity contribution in [2.75, 3.05) is 26.3 Å². The third-order valence-corrected chi connectivity index (χ3v) is 3.49. The summed E-state index contributed by atoms with van der Waals surface area (Å²) in [5.41, 5.74) is -4.32. The van der Waals surface area contributed by atoms with Crippen LogP contribution in [0.3, 0.4) is 0 Å². The Bertz CT molecular complexity index is 415. The van der Waals surface area contributed by atoms with Crippen LogP contribution in [0, 0.1) is 5.41 Å². The maximum atomic E-state index is 14.6. The van der Waals surface area contributed by atoms with E-state index in [-0.39, 0.29) is 19.8 Å². The van der Waals surface area contributed by atoms with Gasteiger partial charge in [0, 0.05) is 6.54 Å². The molecule has 2 heterocycles. The van der Waals surface area contributed by atoms with Crippen LogP contribution >= 0.6 is 0 Å². The van der Waals surface area contributed by atoms with Crippen LogP contribution in [-0.2, 0) is 14.3 Å². The van der Waals surface area contributed by atoms with Crippen LogP contribution in [0.4, 0.5) is 9.18 Å². The molecule has 1 N–H and O–H groups in total. The van der Waals surface area contributed by atoms with E-state index >= 15 is 0 Å². The first kappa shape index (κ1) is 14.0. The number of carboxylic acid groups (broad SMARTS) is 1. The lowest BCUT2D eigenvalue weighted by molar-refractivity contribution is -0.192. The number of hydrogen-bond donors (Lipinski definition) is 1. The smallest absolute Gasteiger partial charge is 0.410 e. The van der Waals surface area contributed by atoms with Crippen molar-refractivity contribution in [2.45, 2.75) is 32.0 Å². The van der Waals surface area contributed by atoms with Crippen LogP contribution in [0.1, 0.15) is 20.8 Å². The number of carbonyl (C=O) groups excluding carboxylic acids is 1. The van der Waals surface area contributed by atoms with Crippen LogP contribution in [-0.4, -0.2) is 59.6 Å². The first-order valence-corrected chi connectivity index (χ1v) is 6.08. The molecular weight excluding hydrogens is 257 g/mol. The van der Waals surface area contributed by atoms with Crippen molar-refractivity contribution >= 4 is 12.1 Å². The van der Waals surface area contributed by atoms with Crippen molar-refractivity contribution in [2.24, 2.45) is 5.41 Å². The minimum Gasteiger partial charge on any atom is -0.479 e. The van der Waals surface area contributed by atoms with Crippen molar-refractivity contribution in [3.63, 3.8) is 0 Å². The summed E-state index contributed by atoms with van der Waals surface area (Å²) in [5, 5.41) is 9.10. The van der Waals surface area contributed by atoms with E-state index in [9.17, 15) is 14.0 Å². The Hall–Kier alpha value is -1.37. The Balaban J connectivity index is 2.16. The number of halogens is 1. The normalized spacial score (nSPS) is 29.2. The fourth-order valence-electron chi connectivity index (χ4n) is 2.40. The maximum Gasteiger partial charge on any atom is 0.410 e. The summed E-state index contributed by atoms with van der Waals surface area (Å²) < 4.78 is 24.7. The van der Waals surface area contributed by atoms with Crippen LogP contribution in [0.25, 0.3) is 0 Å². The molecule has 1 atom stereocenters. The highest BCUT2D eigenvalue weighted by atomic mass is 19.1. The van der Waals surface area contributed by atoms with Gasteiger partial charge in [0.25, 0.3) is 0 Å². The van der Waals surface area contributed by atoms with Gasteiger partial charge in [0.15, 0.2) is 0 Å². The summed E-state index contributed by atoms with van der Waals surface area (Å²) in [6.07, 6.45) is -0.695. The lowest BCUT2D eigenvalue weighted by Gasteiger charge is -2.43. The molecule has 2 fully saturated rings. The second-order valence-corrected chi connectivity index (χ2v) is 6.22. The summed E-state index contributed by atoms with van der Waals surface area (Å²) in [6, 6.07) is 0. The monoisotopic (exact) mass is 275 g/mol. The van der Waals surface area contributed by atoms with Crippen LogP contribution in [0.5, 0.6) is 0 Å². The Morgan fingerprint density at radius 1 is 1.32 bits per heavy atom. The number of nitrogens with zero attached hydrogens (tertiary/aromatic N) is 1. The van der Waals surface area contributed by atoms with Gasteiger partial charge in [-0.2, -0.15) is 0 Å². The van der Waals surface area contributed by atoms with Gasteiger partial charge in [-0.1, -0.05) is 0 Å². The summed E-state index contributed by atoms with van der Waals surface area (Å²) in [5.74, 6) is -1.55. The molecule has 2 saturated heterocycles. The van der Waals surface area contributed by atoms with Crippen molar-refractivity contribution in [3.8, 4) is 0 Å². The Kier molecular flexibility index (Phi) is 3.00. The number of ether oxygens (including phenoxy) is 2. The quantitative estimate of drug-likeness (QED) is 0.774.